The van der Waals surface area contributed by atoms with Gasteiger partial charge >= 0.3 is 0 Å². The number of hydrogen-bond donors (Lipinski definition) is 0. The highest BCUT2D eigenvalue weighted by Crippen LogP contribution is 2.26. The van der Waals surface area contributed by atoms with Crippen molar-refractivity contribution >= 4 is 29.0 Å². The number of carbonyl (C=O) groups is 1. The number of hydrogen-bond acceptors (Lipinski definition) is 3. The molecule has 1 aliphatic heterocycles. The van der Waals surface area contributed by atoms with Gasteiger partial charge in [-0.05, 0) is 37.5 Å². The number of para-hydroxylation sites is 1. The van der Waals surface area contributed by atoms with Crippen LogP contribution in [0.4, 0.5) is 5.69 Å². The minimum atomic E-state index is 0.0304. The minimum Gasteiger partial charge on any atom is -0.309 e. The SMILES string of the molecule is Cc1nc(/C=C/C(=O)N2CCCc3ccccc32)cs1. The van der Waals surface area contributed by atoms with E-state index >= 15 is 0 Å². The molecule has 0 N–H and O–H groups in total. The molecule has 1 aromatic heterocycles. The van der Waals surface area contributed by atoms with Gasteiger partial charge in [-0.2, -0.15) is 0 Å². The second-order valence-electron chi connectivity index (χ2n) is 4.85. The van der Waals surface area contributed by atoms with Crippen LogP contribution in [0.1, 0.15) is 22.7 Å². The van der Waals surface area contributed by atoms with E-state index in [1.807, 2.05) is 35.4 Å². The number of thiazole rings is 1. The molecule has 0 fully saturated rings. The highest BCUT2D eigenvalue weighted by molar-refractivity contribution is 7.09. The average Bonchev–Trinajstić information content (AvgIpc) is 2.90. The van der Waals surface area contributed by atoms with Crippen molar-refractivity contribution in [3.05, 3.63) is 52.0 Å². The number of aryl methyl sites for hydroxylation is 2. The maximum absolute atomic E-state index is 12.4. The van der Waals surface area contributed by atoms with Crippen LogP contribution in [0, 0.1) is 6.92 Å². The largest absolute Gasteiger partial charge is 0.309 e. The quantitative estimate of drug-likeness (QED) is 0.791. The predicted molar refractivity (Wildman–Crippen MR) is 83.0 cm³/mol. The van der Waals surface area contributed by atoms with Gasteiger partial charge in [-0.3, -0.25) is 4.79 Å². The summed E-state index contributed by atoms with van der Waals surface area (Å²) >= 11 is 1.59. The van der Waals surface area contributed by atoms with E-state index in [0.29, 0.717) is 0 Å². The molecule has 0 atom stereocenters. The van der Waals surface area contributed by atoms with Gasteiger partial charge in [0.2, 0.25) is 0 Å². The molecule has 0 saturated heterocycles. The lowest BCUT2D eigenvalue weighted by Gasteiger charge is -2.28. The van der Waals surface area contributed by atoms with E-state index in [2.05, 4.69) is 11.1 Å². The van der Waals surface area contributed by atoms with Gasteiger partial charge in [0, 0.05) is 23.7 Å². The number of amides is 1. The summed E-state index contributed by atoms with van der Waals surface area (Å²) in [7, 11) is 0. The molecule has 1 amide bonds. The summed E-state index contributed by atoms with van der Waals surface area (Å²) < 4.78 is 0. The molecular formula is C16H16N2OS. The number of anilines is 1. The van der Waals surface area contributed by atoms with Gasteiger partial charge in [0.1, 0.15) is 0 Å². The lowest BCUT2D eigenvalue weighted by molar-refractivity contribution is -0.114. The van der Waals surface area contributed by atoms with Crippen LogP contribution < -0.4 is 4.90 Å². The van der Waals surface area contributed by atoms with E-state index < -0.39 is 0 Å². The number of carbonyl (C=O) groups excluding carboxylic acids is 1. The zero-order chi connectivity index (χ0) is 13.9. The van der Waals surface area contributed by atoms with Crippen LogP contribution >= 0.6 is 11.3 Å². The zero-order valence-electron chi connectivity index (χ0n) is 11.4. The highest BCUT2D eigenvalue weighted by Gasteiger charge is 2.20. The first-order valence-corrected chi connectivity index (χ1v) is 7.61. The Kier molecular flexibility index (Phi) is 3.65. The normalized spacial score (nSPS) is 14.6. The third-order valence-electron chi connectivity index (χ3n) is 3.41. The lowest BCUT2D eigenvalue weighted by atomic mass is 10.0. The van der Waals surface area contributed by atoms with Crippen molar-refractivity contribution in [1.82, 2.24) is 4.98 Å². The van der Waals surface area contributed by atoms with Crippen LogP contribution in [0.2, 0.25) is 0 Å². The molecule has 102 valence electrons. The molecule has 0 spiro atoms. The van der Waals surface area contributed by atoms with Gasteiger partial charge in [-0.25, -0.2) is 4.98 Å². The number of aromatic nitrogens is 1. The van der Waals surface area contributed by atoms with Gasteiger partial charge in [-0.1, -0.05) is 18.2 Å². The van der Waals surface area contributed by atoms with E-state index in [9.17, 15) is 4.79 Å². The average molecular weight is 284 g/mol. The second kappa shape index (κ2) is 5.59. The van der Waals surface area contributed by atoms with Crippen molar-refractivity contribution in [1.29, 1.82) is 0 Å². The zero-order valence-corrected chi connectivity index (χ0v) is 12.2. The summed E-state index contributed by atoms with van der Waals surface area (Å²) in [4.78, 5) is 18.5. The molecule has 0 saturated carbocycles. The van der Waals surface area contributed by atoms with E-state index in [4.69, 9.17) is 0 Å². The third-order valence-corrected chi connectivity index (χ3v) is 4.20. The van der Waals surface area contributed by atoms with Gasteiger partial charge in [0.15, 0.2) is 0 Å². The van der Waals surface area contributed by atoms with Gasteiger partial charge in [0.05, 0.1) is 10.7 Å². The van der Waals surface area contributed by atoms with Gasteiger partial charge < -0.3 is 4.90 Å². The topological polar surface area (TPSA) is 33.2 Å². The molecule has 2 heterocycles. The van der Waals surface area contributed by atoms with E-state index in [-0.39, 0.29) is 5.91 Å². The van der Waals surface area contributed by atoms with Crippen LogP contribution in [0.15, 0.2) is 35.7 Å². The molecule has 0 bridgehead atoms. The number of fused-ring (bicyclic) bond motifs is 1. The Bertz CT molecular complexity index is 660. The summed E-state index contributed by atoms with van der Waals surface area (Å²) in [6.07, 6.45) is 5.49. The molecule has 0 aliphatic carbocycles. The lowest BCUT2D eigenvalue weighted by Crippen LogP contribution is -2.34. The van der Waals surface area contributed by atoms with Crippen LogP contribution in [-0.4, -0.2) is 17.4 Å². The van der Waals surface area contributed by atoms with Crippen LogP contribution in [-0.2, 0) is 11.2 Å². The summed E-state index contributed by atoms with van der Waals surface area (Å²) in [6, 6.07) is 8.13. The molecule has 0 unspecified atom stereocenters. The van der Waals surface area contributed by atoms with Crippen LogP contribution in [0.5, 0.6) is 0 Å². The van der Waals surface area contributed by atoms with Crippen molar-refractivity contribution in [2.45, 2.75) is 19.8 Å². The van der Waals surface area contributed by atoms with E-state index in [1.165, 1.54) is 5.56 Å². The Balaban J connectivity index is 1.80. The molecule has 4 heteroatoms. The second-order valence-corrected chi connectivity index (χ2v) is 5.91. The Morgan fingerprint density at radius 1 is 1.40 bits per heavy atom. The third kappa shape index (κ3) is 2.65. The number of rotatable bonds is 2. The van der Waals surface area contributed by atoms with Crippen molar-refractivity contribution in [3.8, 4) is 0 Å². The Hall–Kier alpha value is -1.94. The van der Waals surface area contributed by atoms with E-state index in [0.717, 1.165) is 35.8 Å². The molecule has 2 aromatic rings. The van der Waals surface area contributed by atoms with Crippen molar-refractivity contribution < 1.29 is 4.79 Å². The van der Waals surface area contributed by atoms with Crippen molar-refractivity contribution in [3.63, 3.8) is 0 Å². The van der Waals surface area contributed by atoms with E-state index in [1.54, 1.807) is 23.5 Å². The number of nitrogens with zero attached hydrogens (tertiary/aromatic N) is 2. The highest BCUT2D eigenvalue weighted by atomic mass is 32.1. The fourth-order valence-electron chi connectivity index (χ4n) is 2.47. The first kappa shape index (κ1) is 13.1. The fraction of sp³-hybridized carbons (Fsp3) is 0.250. The number of benzene rings is 1. The van der Waals surface area contributed by atoms with Crippen LogP contribution in [0.25, 0.3) is 6.08 Å². The minimum absolute atomic E-state index is 0.0304. The first-order chi connectivity index (χ1) is 9.74. The molecule has 20 heavy (non-hydrogen) atoms. The van der Waals surface area contributed by atoms with Gasteiger partial charge in [0.25, 0.3) is 5.91 Å². The monoisotopic (exact) mass is 284 g/mol. The predicted octanol–water partition coefficient (Wildman–Crippen LogP) is 3.44. The van der Waals surface area contributed by atoms with Crippen LogP contribution in [0.3, 0.4) is 0 Å². The fourth-order valence-corrected chi connectivity index (χ4v) is 3.05. The standard InChI is InChI=1S/C16H16N2OS/c1-12-17-14(11-20-12)8-9-16(19)18-10-4-6-13-5-2-3-7-15(13)18/h2-3,5,7-9,11H,4,6,10H2,1H3/b9-8+. The van der Waals surface area contributed by atoms with Gasteiger partial charge in [-0.15, -0.1) is 11.3 Å². The van der Waals surface area contributed by atoms with Crippen molar-refractivity contribution in [2.24, 2.45) is 0 Å². The molecular weight excluding hydrogens is 268 g/mol. The maximum Gasteiger partial charge on any atom is 0.251 e. The van der Waals surface area contributed by atoms with Crippen molar-refractivity contribution in [2.75, 3.05) is 11.4 Å². The molecule has 1 aromatic carbocycles. The molecule has 1 aliphatic rings. The maximum atomic E-state index is 12.4. The summed E-state index contributed by atoms with van der Waals surface area (Å²) in [5, 5.41) is 2.98. The molecule has 3 rings (SSSR count). The first-order valence-electron chi connectivity index (χ1n) is 6.73. The summed E-state index contributed by atoms with van der Waals surface area (Å²) in [5.41, 5.74) is 3.15. The molecule has 3 nitrogen and oxygen atoms in total. The Morgan fingerprint density at radius 2 is 2.25 bits per heavy atom. The Morgan fingerprint density at radius 3 is 3.05 bits per heavy atom. The summed E-state index contributed by atoms with van der Waals surface area (Å²) in [5.74, 6) is 0.0304. The molecule has 0 radical (unpaired) electrons. The Labute approximate surface area is 122 Å². The summed E-state index contributed by atoms with van der Waals surface area (Å²) in [6.45, 7) is 2.75. The smallest absolute Gasteiger partial charge is 0.251 e.